The van der Waals surface area contributed by atoms with Gasteiger partial charge in [-0.05, 0) is 25.0 Å². The molecule has 0 saturated carbocycles. The lowest BCUT2D eigenvalue weighted by Gasteiger charge is -2.32. The minimum Gasteiger partial charge on any atom is -0.481 e. The molecule has 122 valence electrons. The third kappa shape index (κ3) is 3.50. The monoisotopic (exact) mass is 334 g/mol. The highest BCUT2D eigenvalue weighted by molar-refractivity contribution is 8.01. The lowest BCUT2D eigenvalue weighted by molar-refractivity contribution is -0.146. The molecule has 7 heteroatoms. The van der Waals surface area contributed by atoms with Crippen molar-refractivity contribution in [3.05, 3.63) is 24.3 Å². The minimum absolute atomic E-state index is 0.0944. The number of benzene rings is 1. The molecule has 1 aromatic carbocycles. The number of para-hydroxylation sites is 1. The molecule has 0 radical (unpaired) electrons. The van der Waals surface area contributed by atoms with Gasteiger partial charge < -0.3 is 15.3 Å². The number of amides is 2. The fraction of sp³-hybridized carbons (Fsp3) is 0.438. The summed E-state index contributed by atoms with van der Waals surface area (Å²) in [6.45, 7) is 0.808. The lowest BCUT2D eigenvalue weighted by Crippen LogP contribution is -2.44. The van der Waals surface area contributed by atoms with E-state index in [2.05, 4.69) is 5.32 Å². The van der Waals surface area contributed by atoms with Gasteiger partial charge >= 0.3 is 5.97 Å². The van der Waals surface area contributed by atoms with Crippen LogP contribution in [0.2, 0.25) is 0 Å². The Bertz CT molecular complexity index is 649. The average Bonchev–Trinajstić information content (AvgIpc) is 2.55. The minimum atomic E-state index is -0.860. The highest BCUT2D eigenvalue weighted by Crippen LogP contribution is 2.37. The topological polar surface area (TPSA) is 86.7 Å². The van der Waals surface area contributed by atoms with Gasteiger partial charge in [0.25, 0.3) is 0 Å². The van der Waals surface area contributed by atoms with E-state index in [0.717, 1.165) is 10.6 Å². The molecule has 6 nitrogen and oxygen atoms in total. The van der Waals surface area contributed by atoms with Gasteiger partial charge in [0.05, 0.1) is 16.9 Å². The molecule has 1 fully saturated rings. The number of carboxylic acids is 1. The molecule has 2 heterocycles. The van der Waals surface area contributed by atoms with Crippen molar-refractivity contribution in [2.45, 2.75) is 29.4 Å². The zero-order chi connectivity index (χ0) is 16.4. The number of rotatable bonds is 3. The van der Waals surface area contributed by atoms with Crippen LogP contribution in [-0.4, -0.2) is 46.1 Å². The quantitative estimate of drug-likeness (QED) is 0.880. The van der Waals surface area contributed by atoms with E-state index in [1.165, 1.54) is 11.8 Å². The summed E-state index contributed by atoms with van der Waals surface area (Å²) in [5, 5.41) is 11.5. The molecular weight excluding hydrogens is 316 g/mol. The van der Waals surface area contributed by atoms with E-state index < -0.39 is 17.1 Å². The highest BCUT2D eigenvalue weighted by atomic mass is 32.2. The molecule has 2 N–H and O–H groups in total. The number of thioether (sulfide) groups is 1. The van der Waals surface area contributed by atoms with Gasteiger partial charge in [0.2, 0.25) is 11.8 Å². The molecule has 0 aliphatic carbocycles. The van der Waals surface area contributed by atoms with Gasteiger partial charge in [-0.2, -0.15) is 0 Å². The van der Waals surface area contributed by atoms with Crippen molar-refractivity contribution in [2.75, 3.05) is 18.4 Å². The first-order valence-corrected chi connectivity index (χ1v) is 8.49. The van der Waals surface area contributed by atoms with E-state index in [9.17, 15) is 14.4 Å². The Labute approximate surface area is 138 Å². The van der Waals surface area contributed by atoms with Gasteiger partial charge in [0.15, 0.2) is 0 Å². The second kappa shape index (κ2) is 6.62. The summed E-state index contributed by atoms with van der Waals surface area (Å²) in [6.07, 6.45) is 1.39. The summed E-state index contributed by atoms with van der Waals surface area (Å²) in [6, 6.07) is 7.49. The van der Waals surface area contributed by atoms with Crippen molar-refractivity contribution in [2.24, 2.45) is 5.92 Å². The number of aliphatic carboxylic acids is 1. The van der Waals surface area contributed by atoms with E-state index in [0.29, 0.717) is 19.4 Å². The van der Waals surface area contributed by atoms with Crippen LogP contribution in [0.4, 0.5) is 5.69 Å². The van der Waals surface area contributed by atoms with E-state index in [1.54, 1.807) is 4.90 Å². The maximum atomic E-state index is 12.4. The van der Waals surface area contributed by atoms with Crippen LogP contribution in [0.5, 0.6) is 0 Å². The van der Waals surface area contributed by atoms with Gasteiger partial charge in [-0.3, -0.25) is 14.4 Å². The molecule has 2 aliphatic heterocycles. The lowest BCUT2D eigenvalue weighted by atomic mass is 9.98. The molecule has 0 spiro atoms. The molecule has 2 aliphatic rings. The maximum Gasteiger partial charge on any atom is 0.308 e. The van der Waals surface area contributed by atoms with Crippen LogP contribution >= 0.6 is 11.8 Å². The molecule has 2 atom stereocenters. The summed E-state index contributed by atoms with van der Waals surface area (Å²) in [5.41, 5.74) is 0.773. The first-order chi connectivity index (χ1) is 11.0. The number of nitrogens with zero attached hydrogens (tertiary/aromatic N) is 1. The van der Waals surface area contributed by atoms with Crippen molar-refractivity contribution in [3.8, 4) is 0 Å². The SMILES string of the molecule is O=C(O)[C@H]1CCCN(C(=O)C[C@@H]2Sc3ccccc3NC2=O)C1. The number of fused-ring (bicyclic) bond motifs is 1. The number of carbonyl (C=O) groups is 3. The van der Waals surface area contributed by atoms with E-state index in [-0.39, 0.29) is 24.8 Å². The van der Waals surface area contributed by atoms with E-state index >= 15 is 0 Å². The zero-order valence-electron chi connectivity index (χ0n) is 12.5. The van der Waals surface area contributed by atoms with Crippen LogP contribution in [0.1, 0.15) is 19.3 Å². The van der Waals surface area contributed by atoms with Crippen molar-refractivity contribution in [3.63, 3.8) is 0 Å². The number of carbonyl (C=O) groups excluding carboxylic acids is 2. The predicted molar refractivity (Wildman–Crippen MR) is 86.3 cm³/mol. The fourth-order valence-corrected chi connectivity index (χ4v) is 4.02. The number of carboxylic acid groups (broad SMARTS) is 1. The molecule has 3 rings (SSSR count). The zero-order valence-corrected chi connectivity index (χ0v) is 13.3. The van der Waals surface area contributed by atoms with Gasteiger partial charge in [-0.1, -0.05) is 12.1 Å². The standard InChI is InChI=1S/C16H18N2O4S/c19-14(18-7-3-4-10(9-18)16(21)22)8-13-15(20)17-11-5-1-2-6-12(11)23-13/h1-2,5-6,10,13H,3-4,7-9H2,(H,17,20)(H,21,22)/t10-,13-/m0/s1. The van der Waals surface area contributed by atoms with Crippen molar-refractivity contribution in [1.29, 1.82) is 0 Å². The van der Waals surface area contributed by atoms with E-state index in [1.807, 2.05) is 24.3 Å². The molecule has 2 amide bonds. The Balaban J connectivity index is 1.64. The van der Waals surface area contributed by atoms with Crippen molar-refractivity contribution in [1.82, 2.24) is 4.90 Å². The second-order valence-corrected chi connectivity index (χ2v) is 7.06. The van der Waals surface area contributed by atoms with Gasteiger partial charge in [-0.25, -0.2) is 0 Å². The first kappa shape index (κ1) is 15.9. The van der Waals surface area contributed by atoms with Crippen LogP contribution < -0.4 is 5.32 Å². The van der Waals surface area contributed by atoms with Crippen LogP contribution in [0, 0.1) is 5.92 Å². The molecule has 1 saturated heterocycles. The average molecular weight is 334 g/mol. The smallest absolute Gasteiger partial charge is 0.308 e. The van der Waals surface area contributed by atoms with Crippen LogP contribution in [0.15, 0.2) is 29.2 Å². The number of likely N-dealkylation sites (tertiary alicyclic amines) is 1. The van der Waals surface area contributed by atoms with Gasteiger partial charge in [0, 0.05) is 24.4 Å². The van der Waals surface area contributed by atoms with Crippen LogP contribution in [0.25, 0.3) is 0 Å². The largest absolute Gasteiger partial charge is 0.481 e. The Morgan fingerprint density at radius 2 is 2.13 bits per heavy atom. The van der Waals surface area contributed by atoms with Crippen molar-refractivity contribution < 1.29 is 19.5 Å². The summed E-state index contributed by atoms with van der Waals surface area (Å²) < 4.78 is 0. The van der Waals surface area contributed by atoms with Crippen molar-refractivity contribution >= 4 is 35.2 Å². The Kier molecular flexibility index (Phi) is 4.56. The summed E-state index contributed by atoms with van der Waals surface area (Å²) in [4.78, 5) is 38.2. The highest BCUT2D eigenvalue weighted by Gasteiger charge is 2.33. The molecule has 1 aromatic rings. The number of hydrogen-bond acceptors (Lipinski definition) is 4. The van der Waals surface area contributed by atoms with Crippen LogP contribution in [-0.2, 0) is 14.4 Å². The van der Waals surface area contributed by atoms with Gasteiger partial charge in [-0.15, -0.1) is 11.8 Å². The number of anilines is 1. The van der Waals surface area contributed by atoms with Gasteiger partial charge in [0.1, 0.15) is 0 Å². The molecule has 0 bridgehead atoms. The number of nitrogens with one attached hydrogen (secondary N) is 1. The molecule has 23 heavy (non-hydrogen) atoms. The third-order valence-electron chi connectivity index (χ3n) is 4.19. The maximum absolute atomic E-state index is 12.4. The first-order valence-electron chi connectivity index (χ1n) is 7.61. The molecule has 0 unspecified atom stereocenters. The number of piperidine rings is 1. The predicted octanol–water partition coefficient (Wildman–Crippen LogP) is 1.81. The fourth-order valence-electron chi connectivity index (χ4n) is 2.92. The summed E-state index contributed by atoms with van der Waals surface area (Å²) in [7, 11) is 0. The summed E-state index contributed by atoms with van der Waals surface area (Å²) >= 11 is 1.39. The van der Waals surface area contributed by atoms with E-state index in [4.69, 9.17) is 5.11 Å². The second-order valence-electron chi connectivity index (χ2n) is 5.81. The summed E-state index contributed by atoms with van der Waals surface area (Å²) in [5.74, 6) is -1.68. The number of hydrogen-bond donors (Lipinski definition) is 2. The Morgan fingerprint density at radius 1 is 1.35 bits per heavy atom. The normalized spacial score (nSPS) is 23.8. The Hall–Kier alpha value is -2.02. The van der Waals surface area contributed by atoms with Crippen LogP contribution in [0.3, 0.4) is 0 Å². The molecule has 0 aromatic heterocycles. The molecular formula is C16H18N2O4S. The Morgan fingerprint density at radius 3 is 2.91 bits per heavy atom. The third-order valence-corrected chi connectivity index (χ3v) is 5.47.